The van der Waals surface area contributed by atoms with Crippen molar-refractivity contribution in [1.29, 1.82) is 0 Å². The zero-order valence-electron chi connectivity index (χ0n) is 8.10. The van der Waals surface area contributed by atoms with Crippen LogP contribution in [0.4, 0.5) is 0 Å². The molecule has 0 bridgehead atoms. The van der Waals surface area contributed by atoms with Crippen LogP contribution >= 0.6 is 11.8 Å². The molecule has 0 amide bonds. The molecular weight excluding hydrogens is 166 g/mol. The molecule has 2 heteroatoms. The summed E-state index contributed by atoms with van der Waals surface area (Å²) in [4.78, 5) is 0. The van der Waals surface area contributed by atoms with Crippen molar-refractivity contribution in [3.05, 3.63) is 0 Å². The summed E-state index contributed by atoms with van der Waals surface area (Å²) in [7, 11) is 0. The summed E-state index contributed by atoms with van der Waals surface area (Å²) in [6.07, 6.45) is 6.41. The molecule has 1 nitrogen and oxygen atoms in total. The van der Waals surface area contributed by atoms with Gasteiger partial charge in [0, 0.05) is 12.3 Å². The van der Waals surface area contributed by atoms with E-state index in [9.17, 15) is 0 Å². The van der Waals surface area contributed by atoms with E-state index in [1.807, 2.05) is 11.8 Å². The molecule has 0 aromatic carbocycles. The molecule has 0 rings (SSSR count). The van der Waals surface area contributed by atoms with E-state index in [0.29, 0.717) is 6.54 Å². The summed E-state index contributed by atoms with van der Waals surface area (Å²) in [5.41, 5.74) is 0. The fourth-order valence-electron chi connectivity index (χ4n) is 0.726. The predicted octanol–water partition coefficient (Wildman–Crippen LogP) is 1.99. The highest BCUT2D eigenvalue weighted by Gasteiger charge is 1.93. The van der Waals surface area contributed by atoms with Gasteiger partial charge < -0.3 is 5.32 Å². The van der Waals surface area contributed by atoms with E-state index in [-0.39, 0.29) is 0 Å². The minimum absolute atomic E-state index is 0.699. The van der Waals surface area contributed by atoms with E-state index in [4.69, 9.17) is 6.42 Å². The summed E-state index contributed by atoms with van der Waals surface area (Å²) >= 11 is 2.00. The Balaban J connectivity index is 2.87. The second-order valence-corrected chi connectivity index (χ2v) is 4.40. The first-order valence-corrected chi connectivity index (χ1v) is 5.64. The molecule has 0 saturated carbocycles. The predicted molar refractivity (Wildman–Crippen MR) is 58.5 cm³/mol. The van der Waals surface area contributed by atoms with Crippen LogP contribution in [0.1, 0.15) is 20.3 Å². The van der Waals surface area contributed by atoms with E-state index < -0.39 is 0 Å². The lowest BCUT2D eigenvalue weighted by molar-refractivity contribution is 0.632. The summed E-state index contributed by atoms with van der Waals surface area (Å²) < 4.78 is 0. The van der Waals surface area contributed by atoms with Gasteiger partial charge in [-0.2, -0.15) is 11.8 Å². The van der Waals surface area contributed by atoms with E-state index >= 15 is 0 Å². The van der Waals surface area contributed by atoms with Crippen molar-refractivity contribution in [3.8, 4) is 12.3 Å². The smallest absolute Gasteiger partial charge is 0.0574 e. The first kappa shape index (κ1) is 11.9. The van der Waals surface area contributed by atoms with E-state index in [2.05, 4.69) is 25.1 Å². The Labute approximate surface area is 80.7 Å². The normalized spacial score (nSPS) is 10.2. The van der Waals surface area contributed by atoms with Crippen LogP contribution in [0.5, 0.6) is 0 Å². The van der Waals surface area contributed by atoms with Crippen LogP contribution in [0.15, 0.2) is 0 Å². The summed E-state index contributed by atoms with van der Waals surface area (Å²) in [6, 6.07) is 0. The molecule has 0 aliphatic carbocycles. The Morgan fingerprint density at radius 3 is 2.75 bits per heavy atom. The van der Waals surface area contributed by atoms with Crippen molar-refractivity contribution < 1.29 is 0 Å². The Kier molecular flexibility index (Phi) is 8.86. The highest BCUT2D eigenvalue weighted by atomic mass is 32.2. The number of rotatable bonds is 7. The fourth-order valence-corrected chi connectivity index (χ4v) is 1.86. The molecule has 12 heavy (non-hydrogen) atoms. The van der Waals surface area contributed by atoms with Gasteiger partial charge in [0.1, 0.15) is 0 Å². The first-order valence-electron chi connectivity index (χ1n) is 4.49. The zero-order valence-corrected chi connectivity index (χ0v) is 8.91. The summed E-state index contributed by atoms with van der Waals surface area (Å²) in [5.74, 6) is 5.83. The molecule has 70 valence electrons. The molecule has 0 saturated heterocycles. The highest BCUT2D eigenvalue weighted by Crippen LogP contribution is 2.07. The van der Waals surface area contributed by atoms with Crippen molar-refractivity contribution in [1.82, 2.24) is 5.32 Å². The molecule has 0 spiro atoms. The molecule has 0 heterocycles. The van der Waals surface area contributed by atoms with Crippen LogP contribution in [0, 0.1) is 18.3 Å². The van der Waals surface area contributed by atoms with Crippen LogP contribution in [0.25, 0.3) is 0 Å². The Morgan fingerprint density at radius 2 is 2.17 bits per heavy atom. The van der Waals surface area contributed by atoms with Crippen molar-refractivity contribution in [2.24, 2.45) is 5.92 Å². The largest absolute Gasteiger partial charge is 0.305 e. The quantitative estimate of drug-likeness (QED) is 0.481. The van der Waals surface area contributed by atoms with Gasteiger partial charge in [0.15, 0.2) is 0 Å². The van der Waals surface area contributed by atoms with Crippen molar-refractivity contribution in [2.45, 2.75) is 20.3 Å². The lowest BCUT2D eigenvalue weighted by Crippen LogP contribution is -2.17. The summed E-state index contributed by atoms with van der Waals surface area (Å²) in [5, 5.41) is 3.17. The molecule has 0 radical (unpaired) electrons. The number of terminal acetylenes is 1. The fraction of sp³-hybridized carbons (Fsp3) is 0.800. The van der Waals surface area contributed by atoms with Gasteiger partial charge in [-0.1, -0.05) is 19.8 Å². The van der Waals surface area contributed by atoms with Gasteiger partial charge in [-0.25, -0.2) is 0 Å². The first-order chi connectivity index (χ1) is 5.77. The third-order valence-corrected chi connectivity index (χ3v) is 2.51. The third kappa shape index (κ3) is 9.87. The molecule has 0 unspecified atom stereocenters. The van der Waals surface area contributed by atoms with Crippen LogP contribution in [0.2, 0.25) is 0 Å². The van der Waals surface area contributed by atoms with Gasteiger partial charge >= 0.3 is 0 Å². The molecule has 0 aromatic heterocycles. The summed E-state index contributed by atoms with van der Waals surface area (Å²) in [6.45, 7) is 6.26. The minimum atomic E-state index is 0.699. The Morgan fingerprint density at radius 1 is 1.42 bits per heavy atom. The van der Waals surface area contributed by atoms with Crippen LogP contribution in [-0.4, -0.2) is 24.6 Å². The van der Waals surface area contributed by atoms with Crippen molar-refractivity contribution in [2.75, 3.05) is 24.6 Å². The molecule has 1 N–H and O–H groups in total. The average molecular weight is 185 g/mol. The molecule has 0 atom stereocenters. The van der Waals surface area contributed by atoms with Crippen molar-refractivity contribution >= 4 is 11.8 Å². The highest BCUT2D eigenvalue weighted by molar-refractivity contribution is 7.99. The topological polar surface area (TPSA) is 12.0 Å². The Bertz CT molecular complexity index is 126. The van der Waals surface area contributed by atoms with Gasteiger partial charge in [-0.3, -0.25) is 0 Å². The average Bonchev–Trinajstić information content (AvgIpc) is 2.02. The second-order valence-electron chi connectivity index (χ2n) is 3.18. The molecule has 0 fully saturated rings. The maximum atomic E-state index is 5.09. The van der Waals surface area contributed by atoms with Crippen LogP contribution < -0.4 is 5.32 Å². The van der Waals surface area contributed by atoms with Gasteiger partial charge in [0.2, 0.25) is 0 Å². The van der Waals surface area contributed by atoms with Crippen LogP contribution in [0.3, 0.4) is 0 Å². The zero-order chi connectivity index (χ0) is 9.23. The SMILES string of the molecule is C#CCNCCSCCC(C)C. The van der Waals surface area contributed by atoms with Gasteiger partial charge in [-0.15, -0.1) is 6.42 Å². The monoisotopic (exact) mass is 185 g/mol. The molecule has 0 aliphatic heterocycles. The number of thioether (sulfide) groups is 1. The standard InChI is InChI=1S/C10H19NS/c1-4-6-11-7-9-12-8-5-10(2)3/h1,10-11H,5-9H2,2-3H3. The number of hydrogen-bond donors (Lipinski definition) is 1. The van der Waals surface area contributed by atoms with E-state index in [1.165, 1.54) is 17.9 Å². The number of nitrogens with one attached hydrogen (secondary N) is 1. The van der Waals surface area contributed by atoms with Crippen LogP contribution in [-0.2, 0) is 0 Å². The van der Waals surface area contributed by atoms with E-state index in [0.717, 1.165) is 12.5 Å². The molecular formula is C10H19NS. The minimum Gasteiger partial charge on any atom is -0.305 e. The maximum absolute atomic E-state index is 5.09. The van der Waals surface area contributed by atoms with Gasteiger partial charge in [-0.05, 0) is 18.1 Å². The number of hydrogen-bond acceptors (Lipinski definition) is 2. The van der Waals surface area contributed by atoms with Gasteiger partial charge in [0.25, 0.3) is 0 Å². The third-order valence-electron chi connectivity index (χ3n) is 1.49. The molecule has 0 aliphatic rings. The van der Waals surface area contributed by atoms with Crippen molar-refractivity contribution in [3.63, 3.8) is 0 Å². The lowest BCUT2D eigenvalue weighted by atomic mass is 10.2. The van der Waals surface area contributed by atoms with Gasteiger partial charge in [0.05, 0.1) is 6.54 Å². The lowest BCUT2D eigenvalue weighted by Gasteiger charge is -2.04. The molecule has 0 aromatic rings. The maximum Gasteiger partial charge on any atom is 0.0574 e. The Hall–Kier alpha value is -0.130. The second kappa shape index (κ2) is 8.96. The van der Waals surface area contributed by atoms with E-state index in [1.54, 1.807) is 0 Å².